The van der Waals surface area contributed by atoms with Crippen LogP contribution in [0.1, 0.15) is 17.5 Å². The van der Waals surface area contributed by atoms with Gasteiger partial charge in [0.2, 0.25) is 0 Å². The third-order valence-electron chi connectivity index (χ3n) is 2.57. The Hall–Kier alpha value is -1.09. The summed E-state index contributed by atoms with van der Waals surface area (Å²) in [4.78, 5) is 11.2. The Kier molecular flexibility index (Phi) is 2.91. The number of carbonyl (C=O) groups is 1. The number of ether oxygens (including phenoxy) is 1. The topological polar surface area (TPSA) is 26.3 Å². The molecule has 0 spiro atoms. The second-order valence-electron chi connectivity index (χ2n) is 3.49. The highest BCUT2D eigenvalue weighted by atomic mass is 79.9. The zero-order chi connectivity index (χ0) is 10.8. The molecule has 1 aliphatic rings. The summed E-state index contributed by atoms with van der Waals surface area (Å²) in [5, 5.41) is 0. The van der Waals surface area contributed by atoms with E-state index >= 15 is 0 Å². The number of fused-ring (bicyclic) bond motifs is 1. The van der Waals surface area contributed by atoms with E-state index in [0.29, 0.717) is 0 Å². The van der Waals surface area contributed by atoms with Crippen LogP contribution in [-0.4, -0.2) is 13.1 Å². The first kappa shape index (κ1) is 10.4. The van der Waals surface area contributed by atoms with Gasteiger partial charge in [0.05, 0.1) is 7.11 Å². The first-order valence-corrected chi connectivity index (χ1v) is 5.57. The van der Waals surface area contributed by atoms with Gasteiger partial charge in [-0.3, -0.25) is 0 Å². The predicted octanol–water partition coefficient (Wildman–Crippen LogP) is 2.95. The molecule has 0 fully saturated rings. The summed E-state index contributed by atoms with van der Waals surface area (Å²) in [5.74, 6) is -0.280. The molecule has 0 amide bonds. The average molecular weight is 267 g/mol. The molecular weight excluding hydrogens is 256 g/mol. The Balaban J connectivity index is 2.39. The van der Waals surface area contributed by atoms with Gasteiger partial charge < -0.3 is 4.74 Å². The van der Waals surface area contributed by atoms with E-state index in [2.05, 4.69) is 32.8 Å². The zero-order valence-electron chi connectivity index (χ0n) is 8.42. The number of halogens is 1. The molecule has 0 bridgehead atoms. The maximum Gasteiger partial charge on any atom is 0.330 e. The quantitative estimate of drug-likeness (QED) is 0.577. The molecule has 1 aromatic rings. The standard InChI is InChI=1S/C12H11BrO2/c1-15-12(14)6-9-3-2-8-4-5-10(13)7-11(8)9/h4-7H,2-3H2,1H3. The molecule has 0 saturated heterocycles. The van der Waals surface area contributed by atoms with Gasteiger partial charge in [-0.15, -0.1) is 0 Å². The molecule has 3 heteroatoms. The van der Waals surface area contributed by atoms with E-state index in [-0.39, 0.29) is 5.97 Å². The maximum absolute atomic E-state index is 11.2. The highest BCUT2D eigenvalue weighted by Crippen LogP contribution is 2.33. The largest absolute Gasteiger partial charge is 0.466 e. The van der Waals surface area contributed by atoms with Crippen molar-refractivity contribution in [2.24, 2.45) is 0 Å². The summed E-state index contributed by atoms with van der Waals surface area (Å²) in [6, 6.07) is 6.18. The van der Waals surface area contributed by atoms with Crippen molar-refractivity contribution in [1.82, 2.24) is 0 Å². The van der Waals surface area contributed by atoms with E-state index in [0.717, 1.165) is 28.5 Å². The summed E-state index contributed by atoms with van der Waals surface area (Å²) < 4.78 is 5.67. The van der Waals surface area contributed by atoms with Gasteiger partial charge in [-0.1, -0.05) is 22.0 Å². The van der Waals surface area contributed by atoms with Crippen LogP contribution in [0.3, 0.4) is 0 Å². The van der Waals surface area contributed by atoms with Gasteiger partial charge in [0, 0.05) is 10.5 Å². The Bertz CT molecular complexity index is 435. The Morgan fingerprint density at radius 3 is 3.00 bits per heavy atom. The summed E-state index contributed by atoms with van der Waals surface area (Å²) in [6.45, 7) is 0. The number of allylic oxidation sites excluding steroid dienone is 1. The predicted molar refractivity (Wildman–Crippen MR) is 62.5 cm³/mol. The first-order valence-electron chi connectivity index (χ1n) is 4.78. The van der Waals surface area contributed by atoms with Crippen molar-refractivity contribution in [3.63, 3.8) is 0 Å². The molecule has 2 rings (SSSR count). The highest BCUT2D eigenvalue weighted by Gasteiger charge is 2.17. The average Bonchev–Trinajstić information content (AvgIpc) is 2.61. The third-order valence-corrected chi connectivity index (χ3v) is 3.07. The van der Waals surface area contributed by atoms with E-state index in [4.69, 9.17) is 0 Å². The van der Waals surface area contributed by atoms with Crippen LogP contribution in [0.2, 0.25) is 0 Å². The van der Waals surface area contributed by atoms with Crippen molar-refractivity contribution in [3.05, 3.63) is 39.9 Å². The van der Waals surface area contributed by atoms with Crippen molar-refractivity contribution in [2.45, 2.75) is 12.8 Å². The minimum atomic E-state index is -0.280. The van der Waals surface area contributed by atoms with Crippen molar-refractivity contribution in [2.75, 3.05) is 7.11 Å². The van der Waals surface area contributed by atoms with Crippen LogP contribution < -0.4 is 0 Å². The summed E-state index contributed by atoms with van der Waals surface area (Å²) in [5.41, 5.74) is 3.53. The summed E-state index contributed by atoms with van der Waals surface area (Å²) >= 11 is 3.43. The second kappa shape index (κ2) is 4.19. The van der Waals surface area contributed by atoms with E-state index in [9.17, 15) is 4.79 Å². The van der Waals surface area contributed by atoms with Gasteiger partial charge in [-0.25, -0.2) is 4.79 Å². The molecule has 0 atom stereocenters. The molecule has 2 nitrogen and oxygen atoms in total. The molecular formula is C12H11BrO2. The Labute approximate surface area is 97.1 Å². The molecule has 0 aromatic heterocycles. The maximum atomic E-state index is 11.2. The lowest BCUT2D eigenvalue weighted by Gasteiger charge is -2.01. The molecule has 0 N–H and O–H groups in total. The normalized spacial score (nSPS) is 16.5. The second-order valence-corrected chi connectivity index (χ2v) is 4.41. The van der Waals surface area contributed by atoms with E-state index in [1.54, 1.807) is 6.08 Å². The molecule has 0 heterocycles. The fraction of sp³-hybridized carbons (Fsp3) is 0.250. The Morgan fingerprint density at radius 1 is 1.47 bits per heavy atom. The lowest BCUT2D eigenvalue weighted by atomic mass is 10.1. The van der Waals surface area contributed by atoms with Gasteiger partial charge in [0.15, 0.2) is 0 Å². The highest BCUT2D eigenvalue weighted by molar-refractivity contribution is 9.10. The molecule has 0 aliphatic heterocycles. The molecule has 1 aliphatic carbocycles. The number of hydrogen-bond donors (Lipinski definition) is 0. The van der Waals surface area contributed by atoms with Crippen LogP contribution in [0, 0.1) is 0 Å². The van der Waals surface area contributed by atoms with Gasteiger partial charge in [0.25, 0.3) is 0 Å². The molecule has 0 saturated carbocycles. The van der Waals surface area contributed by atoms with E-state index < -0.39 is 0 Å². The monoisotopic (exact) mass is 266 g/mol. The van der Waals surface area contributed by atoms with Crippen LogP contribution >= 0.6 is 15.9 Å². The SMILES string of the molecule is COC(=O)C=C1CCc2ccc(Br)cc21. The van der Waals surface area contributed by atoms with Gasteiger partial charge in [0.1, 0.15) is 0 Å². The fourth-order valence-electron chi connectivity index (χ4n) is 1.82. The van der Waals surface area contributed by atoms with Crippen LogP contribution in [0.5, 0.6) is 0 Å². The third kappa shape index (κ3) is 2.12. The molecule has 0 radical (unpaired) electrons. The number of aryl methyl sites for hydroxylation is 1. The van der Waals surface area contributed by atoms with Crippen molar-refractivity contribution >= 4 is 27.5 Å². The molecule has 0 unspecified atom stereocenters. The van der Waals surface area contributed by atoms with Crippen LogP contribution in [0.4, 0.5) is 0 Å². The number of carbonyl (C=O) groups excluding carboxylic acids is 1. The Morgan fingerprint density at radius 2 is 2.27 bits per heavy atom. The van der Waals surface area contributed by atoms with Crippen LogP contribution in [-0.2, 0) is 16.0 Å². The fourth-order valence-corrected chi connectivity index (χ4v) is 2.18. The molecule has 1 aromatic carbocycles. The lowest BCUT2D eigenvalue weighted by molar-refractivity contribution is -0.134. The number of methoxy groups -OCH3 is 1. The smallest absolute Gasteiger partial charge is 0.330 e. The van der Waals surface area contributed by atoms with Crippen LogP contribution in [0.15, 0.2) is 28.7 Å². The van der Waals surface area contributed by atoms with E-state index in [1.165, 1.54) is 12.7 Å². The number of benzene rings is 1. The van der Waals surface area contributed by atoms with Crippen LogP contribution in [0.25, 0.3) is 5.57 Å². The number of rotatable bonds is 1. The van der Waals surface area contributed by atoms with Crippen molar-refractivity contribution in [3.8, 4) is 0 Å². The number of esters is 1. The minimum Gasteiger partial charge on any atom is -0.466 e. The minimum absolute atomic E-state index is 0.280. The zero-order valence-corrected chi connectivity index (χ0v) is 10.0. The van der Waals surface area contributed by atoms with Crippen molar-refractivity contribution < 1.29 is 9.53 Å². The van der Waals surface area contributed by atoms with Gasteiger partial charge >= 0.3 is 5.97 Å². The summed E-state index contributed by atoms with van der Waals surface area (Å²) in [6.07, 6.45) is 3.50. The molecule has 15 heavy (non-hydrogen) atoms. The van der Waals surface area contributed by atoms with E-state index in [1.807, 2.05) is 6.07 Å². The summed E-state index contributed by atoms with van der Waals surface area (Å²) in [7, 11) is 1.40. The van der Waals surface area contributed by atoms with Crippen molar-refractivity contribution in [1.29, 1.82) is 0 Å². The van der Waals surface area contributed by atoms with Gasteiger partial charge in [-0.05, 0) is 41.7 Å². The molecule has 78 valence electrons. The first-order chi connectivity index (χ1) is 7.20. The number of hydrogen-bond acceptors (Lipinski definition) is 2. The van der Waals surface area contributed by atoms with Gasteiger partial charge in [-0.2, -0.15) is 0 Å². The lowest BCUT2D eigenvalue weighted by Crippen LogP contribution is -1.95.